The van der Waals surface area contributed by atoms with Crippen LogP contribution in [0.5, 0.6) is 0 Å². The molecule has 2 aromatic heterocycles. The molecule has 1 aromatic carbocycles. The molecule has 0 bridgehead atoms. The highest BCUT2D eigenvalue weighted by atomic mass is 32.2. The normalized spacial score (nSPS) is 15.6. The molecule has 2 aliphatic rings. The van der Waals surface area contributed by atoms with Gasteiger partial charge in [0, 0.05) is 40.7 Å². The molecule has 9 heteroatoms. The highest BCUT2D eigenvalue weighted by Crippen LogP contribution is 2.32. The van der Waals surface area contributed by atoms with Crippen molar-refractivity contribution in [3.05, 3.63) is 60.4 Å². The van der Waals surface area contributed by atoms with Crippen LogP contribution in [0.15, 0.2) is 53.8 Å². The number of aromatic amines is 1. The lowest BCUT2D eigenvalue weighted by Gasteiger charge is -2.26. The van der Waals surface area contributed by atoms with Gasteiger partial charge in [0.25, 0.3) is 0 Å². The fourth-order valence-electron chi connectivity index (χ4n) is 3.14. The molecule has 1 aliphatic carbocycles. The van der Waals surface area contributed by atoms with Gasteiger partial charge in [-0.3, -0.25) is 14.5 Å². The molecule has 0 spiro atoms. The topological polar surface area (TPSA) is 90.9 Å². The number of nitrogens with one attached hydrogen (secondary N) is 3. The first-order valence-corrected chi connectivity index (χ1v) is 10.3. The molecule has 1 aliphatic heterocycles. The van der Waals surface area contributed by atoms with Gasteiger partial charge < -0.3 is 14.9 Å². The van der Waals surface area contributed by atoms with Crippen molar-refractivity contribution >= 4 is 35.2 Å². The van der Waals surface area contributed by atoms with Crippen LogP contribution < -0.4 is 10.6 Å². The summed E-state index contributed by atoms with van der Waals surface area (Å²) in [5, 5.41) is 13.5. The summed E-state index contributed by atoms with van der Waals surface area (Å²) in [6.45, 7) is 2.65. The van der Waals surface area contributed by atoms with E-state index in [-0.39, 0.29) is 11.8 Å². The van der Waals surface area contributed by atoms with Crippen molar-refractivity contribution < 1.29 is 4.79 Å². The van der Waals surface area contributed by atoms with Crippen LogP contribution in [0.1, 0.15) is 24.4 Å². The Hall–Kier alpha value is -3.20. The number of amides is 1. The maximum absolute atomic E-state index is 11.9. The molecular formula is C20H21N7OS. The van der Waals surface area contributed by atoms with E-state index in [0.717, 1.165) is 46.6 Å². The lowest BCUT2D eigenvalue weighted by molar-refractivity contribution is -0.117. The number of aromatic nitrogens is 4. The lowest BCUT2D eigenvalue weighted by Crippen LogP contribution is -2.23. The number of benzene rings is 1. The van der Waals surface area contributed by atoms with E-state index in [1.54, 1.807) is 18.1 Å². The van der Waals surface area contributed by atoms with E-state index in [2.05, 4.69) is 30.1 Å². The number of rotatable bonds is 6. The SMILES string of the molecule is Cc1cc(NC2=CN(Sc3ccc(NC(=O)C4CC4)cc3)Cc3nccn32)n[nH]1. The van der Waals surface area contributed by atoms with Crippen molar-refractivity contribution in [2.24, 2.45) is 5.92 Å². The van der Waals surface area contributed by atoms with Gasteiger partial charge in [-0.1, -0.05) is 0 Å². The molecule has 29 heavy (non-hydrogen) atoms. The third-order valence-electron chi connectivity index (χ3n) is 4.80. The molecule has 1 saturated carbocycles. The van der Waals surface area contributed by atoms with E-state index in [4.69, 9.17) is 0 Å². The van der Waals surface area contributed by atoms with Crippen LogP contribution in [-0.4, -0.2) is 30.0 Å². The maximum Gasteiger partial charge on any atom is 0.227 e. The molecule has 3 heterocycles. The average molecular weight is 408 g/mol. The third-order valence-corrected chi connectivity index (χ3v) is 5.75. The van der Waals surface area contributed by atoms with Crippen LogP contribution >= 0.6 is 11.9 Å². The molecular weight excluding hydrogens is 386 g/mol. The smallest absolute Gasteiger partial charge is 0.227 e. The minimum Gasteiger partial charge on any atom is -0.326 e. The molecule has 0 radical (unpaired) electrons. The van der Waals surface area contributed by atoms with Gasteiger partial charge >= 0.3 is 0 Å². The van der Waals surface area contributed by atoms with Crippen LogP contribution in [-0.2, 0) is 11.3 Å². The van der Waals surface area contributed by atoms with Crippen molar-refractivity contribution in [3.8, 4) is 0 Å². The van der Waals surface area contributed by atoms with E-state index >= 15 is 0 Å². The number of imidazole rings is 1. The first kappa shape index (κ1) is 17.9. The number of fused-ring (bicyclic) bond motifs is 1. The molecule has 8 nitrogen and oxygen atoms in total. The Labute approximate surface area is 172 Å². The number of nitrogens with zero attached hydrogens (tertiary/aromatic N) is 4. The Bertz CT molecular complexity index is 1060. The van der Waals surface area contributed by atoms with Crippen LogP contribution in [0.25, 0.3) is 5.82 Å². The fraction of sp³-hybridized carbons (Fsp3) is 0.250. The number of hydrogen-bond acceptors (Lipinski definition) is 6. The zero-order valence-electron chi connectivity index (χ0n) is 15.9. The molecule has 0 atom stereocenters. The summed E-state index contributed by atoms with van der Waals surface area (Å²) < 4.78 is 4.15. The van der Waals surface area contributed by atoms with E-state index in [0.29, 0.717) is 6.54 Å². The predicted octanol–water partition coefficient (Wildman–Crippen LogP) is 3.65. The Morgan fingerprint density at radius 2 is 2.10 bits per heavy atom. The molecule has 0 unspecified atom stereocenters. The number of anilines is 2. The zero-order valence-corrected chi connectivity index (χ0v) is 16.7. The second kappa shape index (κ2) is 7.32. The van der Waals surface area contributed by atoms with E-state index in [1.807, 2.05) is 54.2 Å². The average Bonchev–Trinajstić information content (AvgIpc) is 3.32. The highest BCUT2D eigenvalue weighted by Gasteiger charge is 2.29. The van der Waals surface area contributed by atoms with Crippen LogP contribution in [0, 0.1) is 12.8 Å². The minimum atomic E-state index is 0.125. The van der Waals surface area contributed by atoms with Crippen molar-refractivity contribution in [1.29, 1.82) is 0 Å². The quantitative estimate of drug-likeness (QED) is 0.540. The van der Waals surface area contributed by atoms with Gasteiger partial charge in [-0.15, -0.1) is 0 Å². The number of carbonyl (C=O) groups is 1. The Morgan fingerprint density at radius 3 is 2.83 bits per heavy atom. The first-order chi connectivity index (χ1) is 14.1. The van der Waals surface area contributed by atoms with Crippen molar-refractivity contribution in [2.75, 3.05) is 10.6 Å². The monoisotopic (exact) mass is 407 g/mol. The van der Waals surface area contributed by atoms with E-state index < -0.39 is 0 Å². The summed E-state index contributed by atoms with van der Waals surface area (Å²) in [6.07, 6.45) is 7.79. The van der Waals surface area contributed by atoms with Crippen molar-refractivity contribution in [1.82, 2.24) is 24.1 Å². The predicted molar refractivity (Wildman–Crippen MR) is 113 cm³/mol. The van der Waals surface area contributed by atoms with Gasteiger partial charge in [-0.25, -0.2) is 4.98 Å². The molecule has 5 rings (SSSR count). The number of H-pyrrole nitrogens is 1. The summed E-state index contributed by atoms with van der Waals surface area (Å²) >= 11 is 1.62. The molecule has 0 saturated heterocycles. The molecule has 148 valence electrons. The van der Waals surface area contributed by atoms with Gasteiger partial charge in [0.2, 0.25) is 5.91 Å². The fourth-order valence-corrected chi connectivity index (χ4v) is 4.00. The Morgan fingerprint density at radius 1 is 1.28 bits per heavy atom. The number of carbonyl (C=O) groups excluding carboxylic acids is 1. The van der Waals surface area contributed by atoms with Gasteiger partial charge in [0.1, 0.15) is 11.6 Å². The molecule has 3 N–H and O–H groups in total. The largest absolute Gasteiger partial charge is 0.326 e. The van der Waals surface area contributed by atoms with Crippen LogP contribution in [0.3, 0.4) is 0 Å². The Kier molecular flexibility index (Phi) is 4.51. The second-order valence-corrected chi connectivity index (χ2v) is 8.37. The number of aryl methyl sites for hydroxylation is 1. The zero-order chi connectivity index (χ0) is 19.8. The Balaban J connectivity index is 1.30. The van der Waals surface area contributed by atoms with Crippen LogP contribution in [0.2, 0.25) is 0 Å². The summed E-state index contributed by atoms with van der Waals surface area (Å²) in [6, 6.07) is 9.89. The lowest BCUT2D eigenvalue weighted by atomic mass is 10.3. The van der Waals surface area contributed by atoms with Gasteiger partial charge in [-0.05, 0) is 56.0 Å². The standard InChI is InChI=1S/C20H21N7OS/c1-13-10-17(25-24-13)23-19-12-26(11-18-21-8-9-27(18)19)29-16-6-4-15(5-7-16)22-20(28)14-2-3-14/h4-10,12,14H,2-3,11H2,1H3,(H,22,28)(H2,23,24,25). The second-order valence-electron chi connectivity index (χ2n) is 7.24. The van der Waals surface area contributed by atoms with E-state index in [1.165, 1.54) is 0 Å². The van der Waals surface area contributed by atoms with Crippen LogP contribution in [0.4, 0.5) is 11.5 Å². The molecule has 1 fully saturated rings. The molecule has 3 aromatic rings. The van der Waals surface area contributed by atoms with Gasteiger partial charge in [-0.2, -0.15) is 5.10 Å². The maximum atomic E-state index is 11.9. The minimum absolute atomic E-state index is 0.125. The van der Waals surface area contributed by atoms with Gasteiger partial charge in [0.15, 0.2) is 5.82 Å². The molecule has 1 amide bonds. The summed E-state index contributed by atoms with van der Waals surface area (Å²) in [4.78, 5) is 17.4. The van der Waals surface area contributed by atoms with Gasteiger partial charge in [0.05, 0.1) is 12.7 Å². The summed E-state index contributed by atoms with van der Waals surface area (Å²) in [5.74, 6) is 2.92. The third kappa shape index (κ3) is 4.00. The van der Waals surface area contributed by atoms with Crippen molar-refractivity contribution in [2.45, 2.75) is 31.2 Å². The first-order valence-electron chi connectivity index (χ1n) is 9.53. The number of hydrogen-bond donors (Lipinski definition) is 3. The summed E-state index contributed by atoms with van der Waals surface area (Å²) in [5.41, 5.74) is 1.84. The summed E-state index contributed by atoms with van der Waals surface area (Å²) in [7, 11) is 0. The van der Waals surface area contributed by atoms with E-state index in [9.17, 15) is 4.79 Å². The van der Waals surface area contributed by atoms with Crippen molar-refractivity contribution in [3.63, 3.8) is 0 Å². The highest BCUT2D eigenvalue weighted by molar-refractivity contribution is 7.97.